The monoisotopic (exact) mass is 358 g/mol. The fourth-order valence-corrected chi connectivity index (χ4v) is 3.26. The molecule has 4 nitrogen and oxygen atoms in total. The molecule has 0 aliphatic heterocycles. The summed E-state index contributed by atoms with van der Waals surface area (Å²) in [5.41, 5.74) is 6.80. The van der Waals surface area contributed by atoms with Crippen molar-refractivity contribution in [2.75, 3.05) is 6.54 Å². The van der Waals surface area contributed by atoms with Gasteiger partial charge in [0.15, 0.2) is 0 Å². The molecule has 4 N–H and O–H groups in total. The lowest BCUT2D eigenvalue weighted by molar-refractivity contribution is -0.130. The first-order valence-corrected chi connectivity index (χ1v) is 8.52. The summed E-state index contributed by atoms with van der Waals surface area (Å²) in [6.07, 6.45) is 6.02. The molecule has 2 atom stereocenters. The third-order valence-electron chi connectivity index (χ3n) is 4.61. The maximum absolute atomic E-state index is 13.1. The van der Waals surface area contributed by atoms with Crippen LogP contribution in [-0.4, -0.2) is 29.7 Å². The number of nitrogens with two attached hydrogens (primary N) is 1. The fraction of sp³-hybridized carbons (Fsp3) is 0.611. The third kappa shape index (κ3) is 6.75. The molecular weight excluding hydrogens is 331 g/mol. The van der Waals surface area contributed by atoms with E-state index in [-0.39, 0.29) is 18.2 Å². The normalized spacial score (nSPS) is 17.6. The summed E-state index contributed by atoms with van der Waals surface area (Å²) in [7, 11) is 0. The van der Waals surface area contributed by atoms with E-state index in [1.54, 1.807) is 12.1 Å². The molecule has 24 heavy (non-hydrogen) atoms. The largest absolute Gasteiger partial charge is 0.382 e. The molecule has 0 aromatic heterocycles. The van der Waals surface area contributed by atoms with Gasteiger partial charge in [0.1, 0.15) is 11.9 Å². The van der Waals surface area contributed by atoms with Crippen LogP contribution in [0.2, 0.25) is 0 Å². The Morgan fingerprint density at radius 1 is 1.33 bits per heavy atom. The van der Waals surface area contributed by atoms with Gasteiger partial charge in [0, 0.05) is 12.6 Å². The summed E-state index contributed by atoms with van der Waals surface area (Å²) >= 11 is 0. The van der Waals surface area contributed by atoms with E-state index in [2.05, 4.69) is 5.32 Å². The van der Waals surface area contributed by atoms with Crippen LogP contribution in [0.3, 0.4) is 0 Å². The van der Waals surface area contributed by atoms with E-state index in [1.807, 2.05) is 0 Å². The summed E-state index contributed by atoms with van der Waals surface area (Å²) in [4.78, 5) is 12.0. The second kappa shape index (κ2) is 10.6. The zero-order chi connectivity index (χ0) is 16.7. The summed E-state index contributed by atoms with van der Waals surface area (Å²) < 4.78 is 13.1. The number of hydrogen-bond acceptors (Lipinski definition) is 3. The zero-order valence-electron chi connectivity index (χ0n) is 13.9. The number of amides is 1. The molecule has 1 unspecified atom stereocenters. The molecule has 1 aromatic carbocycles. The van der Waals surface area contributed by atoms with Crippen molar-refractivity contribution in [1.29, 1.82) is 0 Å². The van der Waals surface area contributed by atoms with Gasteiger partial charge in [-0.2, -0.15) is 0 Å². The van der Waals surface area contributed by atoms with E-state index < -0.39 is 18.1 Å². The van der Waals surface area contributed by atoms with Crippen LogP contribution in [0.25, 0.3) is 0 Å². The Morgan fingerprint density at radius 3 is 2.71 bits per heavy atom. The van der Waals surface area contributed by atoms with Crippen LogP contribution in [0, 0.1) is 11.7 Å². The molecule has 0 bridgehead atoms. The minimum atomic E-state index is -1.18. The number of aliphatic hydroxyl groups excluding tert-OH is 1. The zero-order valence-corrected chi connectivity index (χ0v) is 14.7. The van der Waals surface area contributed by atoms with Crippen molar-refractivity contribution in [3.63, 3.8) is 0 Å². The first-order valence-electron chi connectivity index (χ1n) is 8.52. The van der Waals surface area contributed by atoms with E-state index in [4.69, 9.17) is 5.73 Å². The van der Waals surface area contributed by atoms with E-state index in [0.29, 0.717) is 25.3 Å². The summed E-state index contributed by atoms with van der Waals surface area (Å²) in [6.45, 7) is 0.357. The topological polar surface area (TPSA) is 75.3 Å². The number of halogens is 2. The van der Waals surface area contributed by atoms with Crippen molar-refractivity contribution < 1.29 is 14.3 Å². The number of nitrogens with one attached hydrogen (secondary N) is 1. The van der Waals surface area contributed by atoms with Crippen molar-refractivity contribution >= 4 is 18.3 Å². The Morgan fingerprint density at radius 2 is 2.04 bits per heavy atom. The first kappa shape index (κ1) is 20.9. The highest BCUT2D eigenvalue weighted by Crippen LogP contribution is 2.27. The predicted octanol–water partition coefficient (Wildman–Crippen LogP) is 2.56. The van der Waals surface area contributed by atoms with Crippen LogP contribution < -0.4 is 11.1 Å². The van der Waals surface area contributed by atoms with Crippen LogP contribution in [0.15, 0.2) is 24.3 Å². The highest BCUT2D eigenvalue weighted by atomic mass is 35.5. The Hall–Kier alpha value is -1.17. The maximum atomic E-state index is 13.1. The SMILES string of the molecule is Cl.N[C@H](CC1CCCCC1)C(O)C(=O)NCCc1cccc(F)c1. The quantitative estimate of drug-likeness (QED) is 0.701. The average Bonchev–Trinajstić information content (AvgIpc) is 2.55. The highest BCUT2D eigenvalue weighted by molar-refractivity contribution is 5.85. The second-order valence-corrected chi connectivity index (χ2v) is 6.52. The number of benzene rings is 1. The second-order valence-electron chi connectivity index (χ2n) is 6.52. The number of hydrogen-bond donors (Lipinski definition) is 3. The molecule has 0 spiro atoms. The summed E-state index contributed by atoms with van der Waals surface area (Å²) in [5, 5.41) is 12.7. The molecule has 1 fully saturated rings. The maximum Gasteiger partial charge on any atom is 0.250 e. The van der Waals surface area contributed by atoms with E-state index in [0.717, 1.165) is 18.4 Å². The van der Waals surface area contributed by atoms with Crippen LogP contribution >= 0.6 is 12.4 Å². The molecule has 1 aromatic rings. The molecule has 136 valence electrons. The molecule has 1 amide bonds. The van der Waals surface area contributed by atoms with Gasteiger partial charge in [0.25, 0.3) is 0 Å². The number of carbonyl (C=O) groups is 1. The lowest BCUT2D eigenvalue weighted by Gasteiger charge is -2.26. The first-order chi connectivity index (χ1) is 11.1. The molecule has 0 radical (unpaired) electrons. The molecule has 1 aliphatic carbocycles. The molecule has 0 saturated heterocycles. The lowest BCUT2D eigenvalue weighted by atomic mass is 9.84. The Balaban J connectivity index is 0.00000288. The van der Waals surface area contributed by atoms with Gasteiger partial charge < -0.3 is 16.2 Å². The molecule has 1 aliphatic rings. The van der Waals surface area contributed by atoms with Crippen molar-refractivity contribution in [3.05, 3.63) is 35.6 Å². The number of carbonyl (C=O) groups excluding carboxylic acids is 1. The van der Waals surface area contributed by atoms with Crippen LogP contribution in [0.1, 0.15) is 44.1 Å². The minimum Gasteiger partial charge on any atom is -0.382 e. The number of rotatable bonds is 7. The van der Waals surface area contributed by atoms with E-state index >= 15 is 0 Å². The highest BCUT2D eigenvalue weighted by Gasteiger charge is 2.26. The Kier molecular flexibility index (Phi) is 9.26. The van der Waals surface area contributed by atoms with Gasteiger partial charge in [-0.15, -0.1) is 12.4 Å². The van der Waals surface area contributed by atoms with E-state index in [1.165, 1.54) is 31.4 Å². The molecule has 2 rings (SSSR count). The minimum absolute atomic E-state index is 0. The van der Waals surface area contributed by atoms with Gasteiger partial charge in [-0.3, -0.25) is 4.79 Å². The molecular formula is C18H28ClFN2O2. The Bertz CT molecular complexity index is 510. The number of aliphatic hydroxyl groups is 1. The van der Waals surface area contributed by atoms with Crippen molar-refractivity contribution in [1.82, 2.24) is 5.32 Å². The predicted molar refractivity (Wildman–Crippen MR) is 95.5 cm³/mol. The third-order valence-corrected chi connectivity index (χ3v) is 4.61. The lowest BCUT2D eigenvalue weighted by Crippen LogP contribution is -2.47. The standard InChI is InChI=1S/C18H27FN2O2.ClH/c19-15-8-4-7-14(11-15)9-10-21-18(23)17(22)16(20)12-13-5-2-1-3-6-13;/h4,7-8,11,13,16-17,22H,1-3,5-6,9-10,12,20H2,(H,21,23);1H/t16-,17?;/m1./s1. The van der Waals surface area contributed by atoms with Gasteiger partial charge in [0.05, 0.1) is 0 Å². The van der Waals surface area contributed by atoms with Crippen LogP contribution in [0.5, 0.6) is 0 Å². The molecule has 1 saturated carbocycles. The smallest absolute Gasteiger partial charge is 0.250 e. The van der Waals surface area contributed by atoms with Crippen LogP contribution in [0.4, 0.5) is 4.39 Å². The van der Waals surface area contributed by atoms with Crippen molar-refractivity contribution in [3.8, 4) is 0 Å². The van der Waals surface area contributed by atoms with E-state index in [9.17, 15) is 14.3 Å². The van der Waals surface area contributed by atoms with Gasteiger partial charge in [-0.05, 0) is 36.5 Å². The molecule has 6 heteroatoms. The average molecular weight is 359 g/mol. The van der Waals surface area contributed by atoms with Gasteiger partial charge >= 0.3 is 0 Å². The van der Waals surface area contributed by atoms with Gasteiger partial charge in [-0.1, -0.05) is 44.2 Å². The summed E-state index contributed by atoms with van der Waals surface area (Å²) in [5.74, 6) is -0.207. The van der Waals surface area contributed by atoms with Crippen LogP contribution in [-0.2, 0) is 11.2 Å². The fourth-order valence-electron chi connectivity index (χ4n) is 3.26. The van der Waals surface area contributed by atoms with Crippen molar-refractivity contribution in [2.45, 2.75) is 57.1 Å². The van der Waals surface area contributed by atoms with Gasteiger partial charge in [-0.25, -0.2) is 4.39 Å². The van der Waals surface area contributed by atoms with Crippen molar-refractivity contribution in [2.24, 2.45) is 11.7 Å². The Labute approximate surface area is 149 Å². The van der Waals surface area contributed by atoms with Gasteiger partial charge in [0.2, 0.25) is 5.91 Å². The summed E-state index contributed by atoms with van der Waals surface area (Å²) in [6, 6.07) is 5.75. The molecule has 0 heterocycles.